The van der Waals surface area contributed by atoms with Crippen LogP contribution in [0.1, 0.15) is 29.8 Å². The second-order valence-corrected chi connectivity index (χ2v) is 5.54. The highest BCUT2D eigenvalue weighted by molar-refractivity contribution is 6.31. The zero-order chi connectivity index (χ0) is 14.3. The maximum atomic E-state index is 14.5. The summed E-state index contributed by atoms with van der Waals surface area (Å²) in [7, 11) is 0. The minimum absolute atomic E-state index is 0.201. The van der Waals surface area contributed by atoms with Gasteiger partial charge in [-0.15, -0.1) is 0 Å². The lowest BCUT2D eigenvalue weighted by atomic mass is 10.2. The number of nitrogens with one attached hydrogen (secondary N) is 1. The van der Waals surface area contributed by atoms with E-state index in [0.717, 1.165) is 0 Å². The maximum absolute atomic E-state index is 14.5. The van der Waals surface area contributed by atoms with E-state index in [-0.39, 0.29) is 11.6 Å². The number of aryl methyl sites for hydroxylation is 1. The Labute approximate surface area is 122 Å². The Morgan fingerprint density at radius 2 is 2.20 bits per heavy atom. The molecule has 1 aliphatic rings. The van der Waals surface area contributed by atoms with Gasteiger partial charge in [-0.3, -0.25) is 0 Å². The monoisotopic (exact) mass is 294 g/mol. The first kappa shape index (κ1) is 13.5. The van der Waals surface area contributed by atoms with Crippen LogP contribution in [0, 0.1) is 19.7 Å². The van der Waals surface area contributed by atoms with Gasteiger partial charge < -0.3 is 5.32 Å². The van der Waals surface area contributed by atoms with Gasteiger partial charge in [-0.2, -0.15) is 5.10 Å². The molecule has 6 heteroatoms. The molecule has 0 aromatic carbocycles. The van der Waals surface area contributed by atoms with E-state index in [9.17, 15) is 4.39 Å². The standard InChI is InChI=1S/C14H16ClFN4/c1-8-12(15)9(2)20(19-8)14-13(16)10(5-6-17-14)7-18-11-3-4-11/h5-6,11,18H,3-4,7H2,1-2H3. The van der Waals surface area contributed by atoms with Crippen LogP contribution in [0.3, 0.4) is 0 Å². The summed E-state index contributed by atoms with van der Waals surface area (Å²) in [5.74, 6) is -0.143. The van der Waals surface area contributed by atoms with Crippen LogP contribution in [0.25, 0.3) is 5.82 Å². The van der Waals surface area contributed by atoms with Crippen LogP contribution in [0.5, 0.6) is 0 Å². The minimum atomic E-state index is -0.345. The van der Waals surface area contributed by atoms with E-state index in [1.165, 1.54) is 17.5 Å². The van der Waals surface area contributed by atoms with Gasteiger partial charge in [-0.05, 0) is 32.8 Å². The number of nitrogens with zero attached hydrogens (tertiary/aromatic N) is 3. The molecule has 1 N–H and O–H groups in total. The zero-order valence-corrected chi connectivity index (χ0v) is 12.2. The van der Waals surface area contributed by atoms with Crippen molar-refractivity contribution in [2.24, 2.45) is 0 Å². The number of halogens is 2. The molecule has 0 radical (unpaired) electrons. The molecule has 0 atom stereocenters. The summed E-state index contributed by atoms with van der Waals surface area (Å²) in [5, 5.41) is 8.10. The molecule has 0 aliphatic heterocycles. The molecule has 1 saturated carbocycles. The van der Waals surface area contributed by atoms with Gasteiger partial charge in [0, 0.05) is 24.3 Å². The fraction of sp³-hybridized carbons (Fsp3) is 0.429. The van der Waals surface area contributed by atoms with Crippen LogP contribution < -0.4 is 5.32 Å². The summed E-state index contributed by atoms with van der Waals surface area (Å²) in [5.41, 5.74) is 1.97. The normalized spacial score (nSPS) is 14.8. The van der Waals surface area contributed by atoms with Crippen molar-refractivity contribution in [3.05, 3.63) is 40.1 Å². The Kier molecular flexibility index (Phi) is 3.48. The molecule has 20 heavy (non-hydrogen) atoms. The molecule has 0 bridgehead atoms. The molecule has 4 nitrogen and oxygen atoms in total. The van der Waals surface area contributed by atoms with Gasteiger partial charge in [0.15, 0.2) is 11.6 Å². The largest absolute Gasteiger partial charge is 0.310 e. The smallest absolute Gasteiger partial charge is 0.190 e. The fourth-order valence-electron chi connectivity index (χ4n) is 2.13. The average molecular weight is 295 g/mol. The molecule has 0 spiro atoms. The lowest BCUT2D eigenvalue weighted by Crippen LogP contribution is -2.17. The van der Waals surface area contributed by atoms with Gasteiger partial charge in [-0.25, -0.2) is 14.1 Å². The second kappa shape index (κ2) is 5.14. The van der Waals surface area contributed by atoms with Crippen LogP contribution in [-0.2, 0) is 6.54 Å². The quantitative estimate of drug-likeness (QED) is 0.943. The van der Waals surface area contributed by atoms with Gasteiger partial charge in [0.2, 0.25) is 0 Å². The predicted octanol–water partition coefficient (Wildman–Crippen LogP) is 2.93. The molecule has 1 aliphatic carbocycles. The molecule has 2 aromatic rings. The highest BCUT2D eigenvalue weighted by Crippen LogP contribution is 2.24. The van der Waals surface area contributed by atoms with Crippen molar-refractivity contribution >= 4 is 11.6 Å². The Balaban J connectivity index is 1.96. The molecule has 0 saturated heterocycles. The lowest BCUT2D eigenvalue weighted by molar-refractivity contribution is 0.564. The van der Waals surface area contributed by atoms with Crippen molar-refractivity contribution in [1.82, 2.24) is 20.1 Å². The van der Waals surface area contributed by atoms with E-state index in [1.807, 2.05) is 0 Å². The van der Waals surface area contributed by atoms with Crippen molar-refractivity contribution < 1.29 is 4.39 Å². The summed E-state index contributed by atoms with van der Waals surface area (Å²) in [6.45, 7) is 4.11. The summed E-state index contributed by atoms with van der Waals surface area (Å²) >= 11 is 6.11. The highest BCUT2D eigenvalue weighted by Gasteiger charge is 2.22. The van der Waals surface area contributed by atoms with Gasteiger partial charge in [-0.1, -0.05) is 11.6 Å². The fourth-order valence-corrected chi connectivity index (χ4v) is 2.24. The Morgan fingerprint density at radius 1 is 1.45 bits per heavy atom. The average Bonchev–Trinajstić information content (AvgIpc) is 3.22. The van der Waals surface area contributed by atoms with E-state index in [1.54, 1.807) is 26.1 Å². The molecule has 1 fully saturated rings. The number of hydrogen-bond donors (Lipinski definition) is 1. The minimum Gasteiger partial charge on any atom is -0.310 e. The third-order valence-corrected chi connectivity index (χ3v) is 4.06. The summed E-state index contributed by atoms with van der Waals surface area (Å²) in [6, 6.07) is 2.23. The van der Waals surface area contributed by atoms with Crippen LogP contribution in [-0.4, -0.2) is 20.8 Å². The summed E-state index contributed by atoms with van der Waals surface area (Å²) < 4.78 is 16.0. The zero-order valence-electron chi connectivity index (χ0n) is 11.5. The van der Waals surface area contributed by atoms with Crippen molar-refractivity contribution in [1.29, 1.82) is 0 Å². The van der Waals surface area contributed by atoms with Gasteiger partial charge >= 0.3 is 0 Å². The Morgan fingerprint density at radius 3 is 2.80 bits per heavy atom. The topological polar surface area (TPSA) is 42.7 Å². The first-order chi connectivity index (χ1) is 9.58. The lowest BCUT2D eigenvalue weighted by Gasteiger charge is -2.09. The molecule has 106 valence electrons. The van der Waals surface area contributed by atoms with Crippen LogP contribution >= 0.6 is 11.6 Å². The number of hydrogen-bond acceptors (Lipinski definition) is 3. The number of rotatable bonds is 4. The summed E-state index contributed by atoms with van der Waals surface area (Å²) in [4.78, 5) is 4.11. The second-order valence-electron chi connectivity index (χ2n) is 5.16. The summed E-state index contributed by atoms with van der Waals surface area (Å²) in [6.07, 6.45) is 3.95. The predicted molar refractivity (Wildman–Crippen MR) is 75.7 cm³/mol. The first-order valence-corrected chi connectivity index (χ1v) is 7.04. The Bertz CT molecular complexity index is 649. The van der Waals surface area contributed by atoms with Gasteiger partial charge in [0.1, 0.15) is 0 Å². The molecule has 0 unspecified atom stereocenters. The number of aromatic nitrogens is 3. The first-order valence-electron chi connectivity index (χ1n) is 6.66. The van der Waals surface area contributed by atoms with Gasteiger partial charge in [0.25, 0.3) is 0 Å². The van der Waals surface area contributed by atoms with E-state index < -0.39 is 0 Å². The SMILES string of the molecule is Cc1nn(-c2nccc(CNC3CC3)c2F)c(C)c1Cl. The van der Waals surface area contributed by atoms with Crippen molar-refractivity contribution in [3.63, 3.8) is 0 Å². The highest BCUT2D eigenvalue weighted by atomic mass is 35.5. The molecular weight excluding hydrogens is 279 g/mol. The molecule has 3 rings (SSSR count). The third kappa shape index (κ3) is 2.43. The van der Waals surface area contributed by atoms with Gasteiger partial charge in [0.05, 0.1) is 16.4 Å². The van der Waals surface area contributed by atoms with E-state index in [2.05, 4.69) is 15.4 Å². The van der Waals surface area contributed by atoms with E-state index >= 15 is 0 Å². The molecule has 0 amide bonds. The Hall–Kier alpha value is -1.46. The van der Waals surface area contributed by atoms with Crippen molar-refractivity contribution in [2.45, 2.75) is 39.3 Å². The van der Waals surface area contributed by atoms with Crippen LogP contribution in [0.2, 0.25) is 5.02 Å². The van der Waals surface area contributed by atoms with E-state index in [0.29, 0.717) is 34.6 Å². The third-order valence-electron chi connectivity index (χ3n) is 3.51. The molecular formula is C14H16ClFN4. The van der Waals surface area contributed by atoms with E-state index in [4.69, 9.17) is 11.6 Å². The number of pyridine rings is 1. The van der Waals surface area contributed by atoms with Crippen LogP contribution in [0.15, 0.2) is 12.3 Å². The molecule has 2 aromatic heterocycles. The maximum Gasteiger partial charge on any atom is 0.190 e. The van der Waals surface area contributed by atoms with Crippen molar-refractivity contribution in [2.75, 3.05) is 0 Å². The van der Waals surface area contributed by atoms with Crippen LogP contribution in [0.4, 0.5) is 4.39 Å². The van der Waals surface area contributed by atoms with Crippen molar-refractivity contribution in [3.8, 4) is 5.82 Å². The molecule has 2 heterocycles.